The molecule has 0 fully saturated rings. The van der Waals surface area contributed by atoms with Crippen LogP contribution in [0.5, 0.6) is 0 Å². The molecule has 0 atom stereocenters. The zero-order valence-corrected chi connectivity index (χ0v) is 14.4. The third-order valence-electron chi connectivity index (χ3n) is 3.48. The van der Waals surface area contributed by atoms with E-state index in [1.54, 1.807) is 19.1 Å². The highest BCUT2D eigenvalue weighted by Gasteiger charge is 2.14. The van der Waals surface area contributed by atoms with Crippen LogP contribution >= 0.6 is 0 Å². The highest BCUT2D eigenvalue weighted by Crippen LogP contribution is 2.12. The zero-order valence-electron chi connectivity index (χ0n) is 13.5. The summed E-state index contributed by atoms with van der Waals surface area (Å²) >= 11 is 0. The Morgan fingerprint density at radius 3 is 2.48 bits per heavy atom. The number of terminal acetylenes is 1. The summed E-state index contributed by atoms with van der Waals surface area (Å²) in [6.45, 7) is 1.71. The van der Waals surface area contributed by atoms with Crippen molar-refractivity contribution in [3.8, 4) is 12.3 Å². The van der Waals surface area contributed by atoms with Crippen LogP contribution in [0.3, 0.4) is 0 Å². The Bertz CT molecular complexity index is 916. The summed E-state index contributed by atoms with van der Waals surface area (Å²) in [5, 5.41) is 2.66. The normalized spacial score (nSPS) is 10.9. The van der Waals surface area contributed by atoms with Crippen molar-refractivity contribution in [2.75, 3.05) is 6.54 Å². The molecule has 2 aromatic rings. The Morgan fingerprint density at radius 1 is 1.20 bits per heavy atom. The van der Waals surface area contributed by atoms with Gasteiger partial charge < -0.3 is 5.32 Å². The minimum absolute atomic E-state index is 0.0138. The van der Waals surface area contributed by atoms with Gasteiger partial charge in [0.25, 0.3) is 5.91 Å². The first-order valence-corrected chi connectivity index (χ1v) is 8.88. The summed E-state index contributed by atoms with van der Waals surface area (Å²) in [7, 11) is -3.69. The molecule has 130 valence electrons. The lowest BCUT2D eigenvalue weighted by Crippen LogP contribution is -2.25. The number of amides is 1. The monoisotopic (exact) mass is 360 g/mol. The van der Waals surface area contributed by atoms with Gasteiger partial charge in [-0.3, -0.25) is 4.79 Å². The van der Waals surface area contributed by atoms with Gasteiger partial charge in [0.05, 0.1) is 11.4 Å². The molecular formula is C18H17FN2O3S. The molecule has 0 aliphatic carbocycles. The number of aryl methyl sites for hydroxylation is 1. The van der Waals surface area contributed by atoms with Crippen LogP contribution in [-0.4, -0.2) is 20.9 Å². The van der Waals surface area contributed by atoms with Crippen LogP contribution in [0.1, 0.15) is 21.5 Å². The lowest BCUT2D eigenvalue weighted by Gasteiger charge is -2.08. The van der Waals surface area contributed by atoms with E-state index in [-0.39, 0.29) is 29.7 Å². The van der Waals surface area contributed by atoms with Gasteiger partial charge in [0.1, 0.15) is 5.82 Å². The molecule has 7 heteroatoms. The second kappa shape index (κ2) is 7.92. The lowest BCUT2D eigenvalue weighted by atomic mass is 10.1. The number of benzene rings is 2. The smallest absolute Gasteiger partial charge is 0.251 e. The van der Waals surface area contributed by atoms with Crippen molar-refractivity contribution in [1.82, 2.24) is 10.0 Å². The van der Waals surface area contributed by atoms with Crippen molar-refractivity contribution in [1.29, 1.82) is 0 Å². The first-order chi connectivity index (χ1) is 11.8. The fraction of sp³-hybridized carbons (Fsp3) is 0.167. The Labute approximate surface area is 146 Å². The SMILES string of the molecule is C#CCNS(=O)(=O)c1ccc(C(=O)NCc2ccc(C)c(F)c2)cc1. The predicted molar refractivity (Wildman–Crippen MR) is 92.8 cm³/mol. The second-order valence-corrected chi connectivity index (χ2v) is 7.09. The number of rotatable bonds is 6. The lowest BCUT2D eigenvalue weighted by molar-refractivity contribution is 0.0950. The number of hydrogen-bond donors (Lipinski definition) is 2. The van der Waals surface area contributed by atoms with E-state index >= 15 is 0 Å². The molecule has 2 rings (SSSR count). The van der Waals surface area contributed by atoms with E-state index in [2.05, 4.69) is 16.0 Å². The fourth-order valence-electron chi connectivity index (χ4n) is 2.04. The summed E-state index contributed by atoms with van der Waals surface area (Å²) in [6.07, 6.45) is 5.02. The Kier molecular flexibility index (Phi) is 5.91. The van der Waals surface area contributed by atoms with Crippen molar-refractivity contribution in [2.45, 2.75) is 18.4 Å². The van der Waals surface area contributed by atoms with Crippen LogP contribution in [0.4, 0.5) is 4.39 Å². The van der Waals surface area contributed by atoms with Crippen LogP contribution in [0.25, 0.3) is 0 Å². The minimum atomic E-state index is -3.69. The van der Waals surface area contributed by atoms with Crippen molar-refractivity contribution < 1.29 is 17.6 Å². The summed E-state index contributed by atoms with van der Waals surface area (Å²) in [6, 6.07) is 10.2. The summed E-state index contributed by atoms with van der Waals surface area (Å²) < 4.78 is 39.5. The number of carbonyl (C=O) groups is 1. The van der Waals surface area contributed by atoms with Gasteiger partial charge in [-0.15, -0.1) is 6.42 Å². The van der Waals surface area contributed by atoms with Crippen LogP contribution in [0.2, 0.25) is 0 Å². The first-order valence-electron chi connectivity index (χ1n) is 7.40. The quantitative estimate of drug-likeness (QED) is 0.774. The molecule has 0 radical (unpaired) electrons. The molecule has 0 saturated heterocycles. The largest absolute Gasteiger partial charge is 0.348 e. The highest BCUT2D eigenvalue weighted by molar-refractivity contribution is 7.89. The number of halogens is 1. The van der Waals surface area contributed by atoms with Gasteiger partial charge in [0, 0.05) is 12.1 Å². The van der Waals surface area contributed by atoms with Gasteiger partial charge in [-0.25, -0.2) is 12.8 Å². The molecule has 0 bridgehead atoms. The van der Waals surface area contributed by atoms with E-state index < -0.39 is 10.0 Å². The van der Waals surface area contributed by atoms with Crippen molar-refractivity contribution in [3.63, 3.8) is 0 Å². The molecule has 0 aliphatic rings. The van der Waals surface area contributed by atoms with Crippen LogP contribution < -0.4 is 10.0 Å². The van der Waals surface area contributed by atoms with E-state index in [9.17, 15) is 17.6 Å². The summed E-state index contributed by atoms with van der Waals surface area (Å²) in [4.78, 5) is 12.1. The first kappa shape index (κ1) is 18.6. The Hall–Kier alpha value is -2.69. The van der Waals surface area contributed by atoms with Gasteiger partial charge in [-0.2, -0.15) is 4.72 Å². The second-order valence-electron chi connectivity index (χ2n) is 5.32. The maximum atomic E-state index is 13.5. The predicted octanol–water partition coefficient (Wildman–Crippen LogP) is 1.98. The molecule has 0 saturated carbocycles. The average molecular weight is 360 g/mol. The number of hydrogen-bond acceptors (Lipinski definition) is 3. The average Bonchev–Trinajstić information content (AvgIpc) is 2.61. The molecule has 2 aromatic carbocycles. The molecule has 0 aliphatic heterocycles. The summed E-state index contributed by atoms with van der Waals surface area (Å²) in [5.41, 5.74) is 1.46. The molecule has 0 aromatic heterocycles. The van der Waals surface area contributed by atoms with Crippen LogP contribution in [0, 0.1) is 25.1 Å². The zero-order chi connectivity index (χ0) is 18.4. The van der Waals surface area contributed by atoms with Crippen LogP contribution in [0.15, 0.2) is 47.4 Å². The van der Waals surface area contributed by atoms with Gasteiger partial charge >= 0.3 is 0 Å². The molecule has 0 spiro atoms. The molecular weight excluding hydrogens is 343 g/mol. The van der Waals surface area contributed by atoms with Gasteiger partial charge in [-0.1, -0.05) is 18.1 Å². The minimum Gasteiger partial charge on any atom is -0.348 e. The van der Waals surface area contributed by atoms with Gasteiger partial charge in [-0.05, 0) is 48.4 Å². The van der Waals surface area contributed by atoms with Gasteiger partial charge in [0.15, 0.2) is 0 Å². The Balaban J connectivity index is 2.03. The van der Waals surface area contributed by atoms with Crippen molar-refractivity contribution >= 4 is 15.9 Å². The Morgan fingerprint density at radius 2 is 1.88 bits per heavy atom. The number of carbonyl (C=O) groups excluding carboxylic acids is 1. The summed E-state index contributed by atoms with van der Waals surface area (Å²) in [5.74, 6) is 1.46. The van der Waals surface area contributed by atoms with Crippen molar-refractivity contribution in [2.24, 2.45) is 0 Å². The number of nitrogens with one attached hydrogen (secondary N) is 2. The molecule has 0 heterocycles. The standard InChI is InChI=1S/C18H17FN2O3S/c1-3-10-21-25(23,24)16-8-6-15(7-9-16)18(22)20-12-14-5-4-13(2)17(19)11-14/h1,4-9,11,21H,10,12H2,2H3,(H,20,22). The molecule has 1 amide bonds. The van der Waals surface area contributed by atoms with E-state index in [4.69, 9.17) is 6.42 Å². The van der Waals surface area contributed by atoms with Gasteiger partial charge in [0.2, 0.25) is 10.0 Å². The highest BCUT2D eigenvalue weighted by atomic mass is 32.2. The van der Waals surface area contributed by atoms with E-state index in [1.165, 1.54) is 30.3 Å². The third kappa shape index (κ3) is 4.89. The molecule has 0 unspecified atom stereocenters. The maximum absolute atomic E-state index is 13.5. The molecule has 5 nitrogen and oxygen atoms in total. The van der Waals surface area contributed by atoms with Crippen LogP contribution in [-0.2, 0) is 16.6 Å². The maximum Gasteiger partial charge on any atom is 0.251 e. The van der Waals surface area contributed by atoms with E-state index in [0.717, 1.165) is 0 Å². The topological polar surface area (TPSA) is 75.3 Å². The van der Waals surface area contributed by atoms with Crippen molar-refractivity contribution in [3.05, 3.63) is 65.0 Å². The molecule has 2 N–H and O–H groups in total. The third-order valence-corrected chi connectivity index (χ3v) is 4.90. The number of sulfonamides is 1. The fourth-order valence-corrected chi connectivity index (χ4v) is 2.97. The van der Waals surface area contributed by atoms with E-state index in [1.807, 2.05) is 0 Å². The molecule has 25 heavy (non-hydrogen) atoms. The van der Waals surface area contributed by atoms with E-state index in [0.29, 0.717) is 16.7 Å².